The lowest BCUT2D eigenvalue weighted by molar-refractivity contribution is -0.0120. The van der Waals surface area contributed by atoms with Crippen LogP contribution >= 0.6 is 11.6 Å². The van der Waals surface area contributed by atoms with Crippen LogP contribution in [-0.2, 0) is 47.9 Å². The Morgan fingerprint density at radius 1 is 0.474 bits per heavy atom. The molecule has 11 aromatic rings. The van der Waals surface area contributed by atoms with Crippen LogP contribution in [-0.4, -0.2) is 171 Å². The van der Waals surface area contributed by atoms with Crippen molar-refractivity contribution in [2.45, 2.75) is 184 Å². The summed E-state index contributed by atoms with van der Waals surface area (Å²) >= 11 is 6.12. The summed E-state index contributed by atoms with van der Waals surface area (Å²) in [7, 11) is -9.22. The lowest BCUT2D eigenvalue weighted by Crippen LogP contribution is -2.41. The van der Waals surface area contributed by atoms with E-state index >= 15 is 0 Å². The Labute approximate surface area is 806 Å². The maximum atomic E-state index is 13.5. The van der Waals surface area contributed by atoms with E-state index in [0.717, 1.165) is 88.0 Å². The second kappa shape index (κ2) is 43.5. The number of halogens is 2. The summed E-state index contributed by atoms with van der Waals surface area (Å²) in [6.45, 7) is 30.6. The van der Waals surface area contributed by atoms with E-state index < -0.39 is 53.6 Å². The molecule has 0 saturated carbocycles. The molecule has 37 heteroatoms. The molecule has 5 saturated heterocycles. The number of rotatable bonds is 27. The van der Waals surface area contributed by atoms with Gasteiger partial charge in [-0.2, -0.15) is 30.2 Å². The highest BCUT2D eigenvalue weighted by Crippen LogP contribution is 2.42. The van der Waals surface area contributed by atoms with Crippen molar-refractivity contribution in [1.82, 2.24) is 54.0 Å². The number of aromatic nitrogens is 8. The predicted molar refractivity (Wildman–Crippen MR) is 529 cm³/mol. The zero-order valence-corrected chi connectivity index (χ0v) is 82.6. The van der Waals surface area contributed by atoms with Crippen molar-refractivity contribution in [3.8, 4) is 11.6 Å². The van der Waals surface area contributed by atoms with Gasteiger partial charge in [0.15, 0.2) is 15.1 Å². The molecule has 0 radical (unpaired) electrons. The van der Waals surface area contributed by atoms with Crippen LogP contribution < -0.4 is 64.1 Å². The Morgan fingerprint density at radius 3 is 1.37 bits per heavy atom. The number of anilines is 9. The summed E-state index contributed by atoms with van der Waals surface area (Å²) in [6.07, 6.45) is 13.4. The van der Waals surface area contributed by atoms with Gasteiger partial charge in [-0.15, -0.1) is 0 Å². The first-order valence-corrected chi connectivity index (χ1v) is 50.3. The Bertz CT molecular complexity index is 6510. The number of carbonyl (C=O) groups is 4. The maximum absolute atomic E-state index is 13.5. The lowest BCUT2D eigenvalue weighted by Gasteiger charge is -2.33. The van der Waals surface area contributed by atoms with Crippen molar-refractivity contribution in [1.29, 1.82) is 0 Å². The molecule has 6 N–H and O–H groups in total. The SMILES string of the molecule is CC1CN(c2ncccc2C(=O)NS(=O)(=O)c2cccc(NCc3ccccc3)n2)C(C)(C)C1.CC1CN(c2ncccc2C(=O)NS(=O)(=O)c2cccc(OCC3CCCCO3)n2)C(C)(C)C1.CC1CN(c2ncccc2C(=O)Nc2cccc(Nc3cc(F)ccc3Cl)n2)C(C)(C)C1.COc1cccc(CN(C)c2cccc(S(=O)(=O)NC(=O)c3cccnc3N3CC(C)CC3(C)C)n2)c1. The maximum Gasteiger partial charge on any atom is 0.281 e. The van der Waals surface area contributed by atoms with Crippen LogP contribution in [0.15, 0.2) is 234 Å². The lowest BCUT2D eigenvalue weighted by atomic mass is 9.97. The van der Waals surface area contributed by atoms with Crippen LogP contribution in [0.1, 0.15) is 181 Å². The number of hydrogen-bond donors (Lipinski definition) is 6. The highest BCUT2D eigenvalue weighted by molar-refractivity contribution is 7.90. The summed E-state index contributed by atoms with van der Waals surface area (Å²) in [6, 6.07) is 53.4. The van der Waals surface area contributed by atoms with Gasteiger partial charge in [-0.25, -0.2) is 53.4 Å². The number of ether oxygens (including phenoxy) is 3. The van der Waals surface area contributed by atoms with Crippen LogP contribution in [0.5, 0.6) is 11.6 Å². The molecule has 0 bridgehead atoms. The number of pyridine rings is 8. The minimum Gasteiger partial charge on any atom is -0.497 e. The van der Waals surface area contributed by atoms with E-state index in [-0.39, 0.29) is 71.8 Å². The number of benzene rings is 3. The molecule has 0 spiro atoms. The van der Waals surface area contributed by atoms with Crippen LogP contribution in [0.4, 0.5) is 56.6 Å². The molecule has 4 amide bonds. The fourth-order valence-electron chi connectivity index (χ4n) is 18.3. The van der Waals surface area contributed by atoms with E-state index in [0.29, 0.717) is 113 Å². The van der Waals surface area contributed by atoms with E-state index in [4.69, 9.17) is 25.8 Å². The molecule has 5 aliphatic rings. The highest BCUT2D eigenvalue weighted by atomic mass is 35.5. The molecule has 16 rings (SSSR count). The first kappa shape index (κ1) is 101. The average molecular weight is 1950 g/mol. The smallest absolute Gasteiger partial charge is 0.281 e. The predicted octanol–water partition coefficient (Wildman–Crippen LogP) is 16.8. The van der Waals surface area contributed by atoms with Crippen molar-refractivity contribution in [3.05, 3.63) is 263 Å². The number of methoxy groups -OCH3 is 1. The van der Waals surface area contributed by atoms with Gasteiger partial charge < -0.3 is 54.7 Å². The van der Waals surface area contributed by atoms with Gasteiger partial charge in [-0.1, -0.05) is 106 Å². The first-order valence-electron chi connectivity index (χ1n) is 45.4. The normalized spacial score (nSPS) is 18.5. The summed E-state index contributed by atoms with van der Waals surface area (Å²) in [5.74, 6) is 3.52. The molecule has 8 aromatic heterocycles. The number of nitrogens with one attached hydrogen (secondary N) is 6. The second-order valence-corrected chi connectivity index (χ2v) is 43.0. The van der Waals surface area contributed by atoms with E-state index in [1.165, 1.54) is 42.5 Å². The van der Waals surface area contributed by atoms with Crippen molar-refractivity contribution in [2.75, 3.05) is 94.0 Å². The van der Waals surface area contributed by atoms with Crippen molar-refractivity contribution in [3.63, 3.8) is 0 Å². The molecular weight excluding hydrogens is 1830 g/mol. The van der Waals surface area contributed by atoms with Gasteiger partial charge in [0.25, 0.3) is 53.7 Å². The summed E-state index contributed by atoms with van der Waals surface area (Å²) in [4.78, 5) is 97.7. The molecule has 137 heavy (non-hydrogen) atoms. The molecule has 724 valence electrons. The zero-order valence-electron chi connectivity index (χ0n) is 79.4. The van der Waals surface area contributed by atoms with Crippen molar-refractivity contribution in [2.24, 2.45) is 23.7 Å². The van der Waals surface area contributed by atoms with Crippen molar-refractivity contribution < 1.29 is 63.0 Å². The van der Waals surface area contributed by atoms with E-state index in [9.17, 15) is 48.8 Å². The minimum atomic E-state index is -4.23. The number of amides is 4. The van der Waals surface area contributed by atoms with Gasteiger partial charge in [0.1, 0.15) is 64.7 Å². The summed E-state index contributed by atoms with van der Waals surface area (Å²) < 4.78 is 115. The second-order valence-electron chi connectivity index (χ2n) is 37.7. The molecule has 32 nitrogen and oxygen atoms in total. The third-order valence-electron chi connectivity index (χ3n) is 24.2. The number of nitrogens with zero attached hydrogens (tertiary/aromatic N) is 13. The summed E-state index contributed by atoms with van der Waals surface area (Å²) in [5, 5.41) is 8.55. The number of sulfonamides is 3. The quantitative estimate of drug-likeness (QED) is 0.0278. The van der Waals surface area contributed by atoms with E-state index in [1.807, 2.05) is 66.5 Å². The van der Waals surface area contributed by atoms with Gasteiger partial charge >= 0.3 is 0 Å². The molecule has 3 aromatic carbocycles. The standard InChI is InChI=1S/C27H33N5O4S.C25H29N5O3S.C24H25ClFN5O.C24H32N4O5S/c1-19-16-27(2,3)32(17-19)25-22(11-8-14-28-25)26(33)30-37(34,35)24-13-7-12-23(29-24)31(4)18-20-9-6-10-21(15-20)36-5;1-18-15-25(2,3)30(17-18)23-20(11-8-14-26-23)24(31)29-34(32,33)22-13-7-12-21(28-22)27-16-19-9-5-4-6-10-19;1-15-13-24(2,3)31(14-15)22-17(6-5-11-27-22)23(32)30-21-8-4-7-20(29-21)28-19-12-16(26)9-10-18(19)25;1-17-14-24(2,3)28(15-17)22-19(9-7-12-25-22)23(29)27-34(30,31)21-11-6-10-20(26-21)33-16-18-8-4-5-13-32-18/h6-15,19H,16-18H2,1-5H3,(H,30,33);4-14,18H,15-17H2,1-3H3,(H,27,28)(H,29,31);4-12,15H,13-14H2,1-3H3,(H2,28,29,30,32);6-7,9-12,17-18H,4-5,8,13-16H2,1-3H3,(H,27,29). The van der Waals surface area contributed by atoms with Gasteiger partial charge in [0.05, 0.1) is 46.2 Å². The van der Waals surface area contributed by atoms with Gasteiger partial charge in [0.2, 0.25) is 5.88 Å². The van der Waals surface area contributed by atoms with Crippen molar-refractivity contribution >= 4 is 118 Å². The van der Waals surface area contributed by atoms with E-state index in [2.05, 4.69) is 173 Å². The number of hydrogen-bond acceptors (Lipinski definition) is 28. The Kier molecular flexibility index (Phi) is 32.2. The highest BCUT2D eigenvalue weighted by Gasteiger charge is 2.44. The van der Waals surface area contributed by atoms with Gasteiger partial charge in [-0.3, -0.25) is 19.2 Å². The van der Waals surface area contributed by atoms with Crippen LogP contribution in [0.2, 0.25) is 5.02 Å². The largest absolute Gasteiger partial charge is 0.497 e. The first-order chi connectivity index (χ1) is 65.0. The van der Waals surface area contributed by atoms with Gasteiger partial charge in [-0.05, 0) is 256 Å². The van der Waals surface area contributed by atoms with Crippen LogP contribution in [0.25, 0.3) is 0 Å². The monoisotopic (exact) mass is 1940 g/mol. The molecule has 5 unspecified atom stereocenters. The van der Waals surface area contributed by atoms with E-state index in [1.54, 1.807) is 129 Å². The average Bonchev–Trinajstić information content (AvgIpc) is 1.72. The minimum absolute atomic E-state index is 0.0305. The zero-order chi connectivity index (χ0) is 98.4. The summed E-state index contributed by atoms with van der Waals surface area (Å²) in [5.41, 5.74) is 2.84. The molecule has 13 heterocycles. The molecular formula is C100H119ClFN19O13S3. The number of carbonyl (C=O) groups excluding carboxylic acids is 4. The Balaban J connectivity index is 0.000000155. The Morgan fingerprint density at radius 2 is 0.905 bits per heavy atom. The molecule has 5 aliphatic heterocycles. The van der Waals surface area contributed by atoms with Crippen LogP contribution in [0, 0.1) is 29.5 Å². The molecule has 5 atom stereocenters. The van der Waals surface area contributed by atoms with Crippen LogP contribution in [0.3, 0.4) is 0 Å². The topological polar surface area (TPSA) is 390 Å². The third kappa shape index (κ3) is 26.0. The molecule has 0 aliphatic carbocycles. The third-order valence-corrected chi connectivity index (χ3v) is 28.2. The fraction of sp³-hybridized carbons (Fsp3) is 0.380. The Hall–Kier alpha value is -13.0. The molecule has 5 fully saturated rings. The fourth-order valence-corrected chi connectivity index (χ4v) is 21.2. The van der Waals surface area contributed by atoms with Gasteiger partial charge in [0, 0.05) is 106 Å².